The largest absolute Gasteiger partial charge is 0.416 e. The number of aliphatic hydroxyl groups excluding tert-OH is 1. The number of H-pyrrole nitrogens is 1. The van der Waals surface area contributed by atoms with Gasteiger partial charge in [-0.1, -0.05) is 0 Å². The highest BCUT2D eigenvalue weighted by Gasteiger charge is 2.33. The van der Waals surface area contributed by atoms with Crippen molar-refractivity contribution in [3.63, 3.8) is 0 Å². The summed E-state index contributed by atoms with van der Waals surface area (Å²) in [5.41, 5.74) is -1.35. The lowest BCUT2D eigenvalue weighted by Crippen LogP contribution is -2.42. The number of amides is 2. The summed E-state index contributed by atoms with van der Waals surface area (Å²) in [5.74, 6) is -1.31. The van der Waals surface area contributed by atoms with Crippen LogP contribution in [-0.2, 0) is 6.18 Å². The summed E-state index contributed by atoms with van der Waals surface area (Å²) in [6, 6.07) is 2.69. The number of nitrogens with one attached hydrogen (secondary N) is 2. The summed E-state index contributed by atoms with van der Waals surface area (Å²) in [6.45, 7) is 0.410. The van der Waals surface area contributed by atoms with Gasteiger partial charge in [-0.3, -0.25) is 9.59 Å². The molecule has 1 unspecified atom stereocenters. The third-order valence-electron chi connectivity index (χ3n) is 4.19. The minimum atomic E-state index is -4.69. The van der Waals surface area contributed by atoms with Crippen LogP contribution in [0.3, 0.4) is 0 Å². The topological polar surface area (TPSA) is 98.3 Å². The molecule has 1 aliphatic heterocycles. The van der Waals surface area contributed by atoms with Gasteiger partial charge in [-0.25, -0.2) is 4.98 Å². The van der Waals surface area contributed by atoms with Crippen LogP contribution >= 0.6 is 0 Å². The summed E-state index contributed by atoms with van der Waals surface area (Å²) in [6.07, 6.45) is -1.80. The van der Waals surface area contributed by atoms with Gasteiger partial charge < -0.3 is 20.3 Å². The van der Waals surface area contributed by atoms with Crippen LogP contribution in [0.4, 0.5) is 18.9 Å². The maximum absolute atomic E-state index is 13.2. The number of anilines is 1. The van der Waals surface area contributed by atoms with Gasteiger partial charge in [-0.2, -0.15) is 13.2 Å². The number of benzene rings is 1. The maximum atomic E-state index is 13.2. The second kappa shape index (κ2) is 7.39. The van der Waals surface area contributed by atoms with Gasteiger partial charge in [0.2, 0.25) is 0 Å². The van der Waals surface area contributed by atoms with Crippen LogP contribution < -0.4 is 5.32 Å². The zero-order chi connectivity index (χ0) is 19.6. The molecule has 1 saturated heterocycles. The average Bonchev–Trinajstić information content (AvgIpc) is 3.15. The van der Waals surface area contributed by atoms with E-state index in [1.807, 2.05) is 0 Å². The van der Waals surface area contributed by atoms with E-state index in [1.165, 1.54) is 23.5 Å². The lowest BCUT2D eigenvalue weighted by molar-refractivity contribution is -0.137. The number of carbonyl (C=O) groups excluding carboxylic acids is 2. The molecule has 27 heavy (non-hydrogen) atoms. The number of β-amino-alcohol motifs (C(OH)–C–C–N with tert-alkyl or cyclic N) is 1. The van der Waals surface area contributed by atoms with Crippen LogP contribution in [0, 0.1) is 0 Å². The van der Waals surface area contributed by atoms with E-state index in [0.717, 1.165) is 12.1 Å². The highest BCUT2D eigenvalue weighted by atomic mass is 19.4. The number of alkyl halides is 3. The second-order valence-corrected chi connectivity index (χ2v) is 6.26. The standard InChI is InChI=1S/C17H17F3N4O3/c18-17(19,20)11-4-10(16(27)24-3-1-2-13(25)8-24)5-12(6-11)23-15(26)14-7-21-9-22-14/h4-7,9,13,25H,1-3,8H2,(H,21,22)(H,23,26). The van der Waals surface area contributed by atoms with Crippen molar-refractivity contribution in [2.45, 2.75) is 25.1 Å². The molecule has 0 saturated carbocycles. The van der Waals surface area contributed by atoms with Crippen molar-refractivity contribution >= 4 is 17.5 Å². The van der Waals surface area contributed by atoms with Crippen molar-refractivity contribution in [1.29, 1.82) is 0 Å². The van der Waals surface area contributed by atoms with Crippen molar-refractivity contribution in [1.82, 2.24) is 14.9 Å². The minimum Gasteiger partial charge on any atom is -0.391 e. The fourth-order valence-electron chi connectivity index (χ4n) is 2.89. The quantitative estimate of drug-likeness (QED) is 0.759. The molecule has 3 rings (SSSR count). The molecule has 1 fully saturated rings. The molecule has 10 heteroatoms. The molecule has 7 nitrogen and oxygen atoms in total. The van der Waals surface area contributed by atoms with Gasteiger partial charge in [-0.05, 0) is 31.0 Å². The predicted molar refractivity (Wildman–Crippen MR) is 89.1 cm³/mol. The molecule has 3 N–H and O–H groups in total. The van der Waals surface area contributed by atoms with Crippen LogP contribution in [0.1, 0.15) is 39.3 Å². The number of hydrogen-bond donors (Lipinski definition) is 3. The Morgan fingerprint density at radius 1 is 1.30 bits per heavy atom. The number of hydrogen-bond acceptors (Lipinski definition) is 4. The smallest absolute Gasteiger partial charge is 0.391 e. The summed E-state index contributed by atoms with van der Waals surface area (Å²) in [5, 5.41) is 12.0. The lowest BCUT2D eigenvalue weighted by atomic mass is 10.0. The van der Waals surface area contributed by atoms with Crippen molar-refractivity contribution in [2.75, 3.05) is 18.4 Å². The number of rotatable bonds is 3. The number of likely N-dealkylation sites (tertiary alicyclic amines) is 1. The zero-order valence-corrected chi connectivity index (χ0v) is 14.1. The van der Waals surface area contributed by atoms with E-state index in [4.69, 9.17) is 0 Å². The van der Waals surface area contributed by atoms with Gasteiger partial charge >= 0.3 is 6.18 Å². The molecule has 2 heterocycles. The molecule has 1 aromatic carbocycles. The molecular weight excluding hydrogens is 365 g/mol. The van der Waals surface area contributed by atoms with Crippen LogP contribution in [-0.4, -0.2) is 51.0 Å². The summed E-state index contributed by atoms with van der Waals surface area (Å²) in [7, 11) is 0. The van der Waals surface area contributed by atoms with Crippen molar-refractivity contribution < 1.29 is 27.9 Å². The van der Waals surface area contributed by atoms with Gasteiger partial charge in [0, 0.05) is 24.3 Å². The predicted octanol–water partition coefficient (Wildman–Crippen LogP) is 2.28. The molecule has 0 radical (unpaired) electrons. The van der Waals surface area contributed by atoms with Crippen molar-refractivity contribution in [3.05, 3.63) is 47.5 Å². The number of nitrogens with zero attached hydrogens (tertiary/aromatic N) is 2. The number of piperidine rings is 1. The molecule has 0 bridgehead atoms. The van der Waals surface area contributed by atoms with Crippen LogP contribution in [0.5, 0.6) is 0 Å². The van der Waals surface area contributed by atoms with Crippen LogP contribution in [0.25, 0.3) is 0 Å². The maximum Gasteiger partial charge on any atom is 0.416 e. The van der Waals surface area contributed by atoms with Crippen molar-refractivity contribution in [3.8, 4) is 0 Å². The fraction of sp³-hybridized carbons (Fsp3) is 0.353. The molecular formula is C17H17F3N4O3. The van der Waals surface area contributed by atoms with E-state index in [1.54, 1.807) is 0 Å². The second-order valence-electron chi connectivity index (χ2n) is 6.26. The number of imidazole rings is 1. The number of carbonyl (C=O) groups is 2. The first-order chi connectivity index (χ1) is 12.7. The lowest BCUT2D eigenvalue weighted by Gasteiger charge is -2.30. The van der Waals surface area contributed by atoms with E-state index < -0.39 is 29.7 Å². The molecule has 1 aliphatic rings. The van der Waals surface area contributed by atoms with Gasteiger partial charge in [0.25, 0.3) is 11.8 Å². The van der Waals surface area contributed by atoms with E-state index >= 15 is 0 Å². The molecule has 2 amide bonds. The minimum absolute atomic E-state index is 0.0604. The Bertz CT molecular complexity index is 836. The summed E-state index contributed by atoms with van der Waals surface area (Å²) < 4.78 is 39.7. The molecule has 0 aliphatic carbocycles. The van der Waals surface area contributed by atoms with E-state index in [2.05, 4.69) is 15.3 Å². The van der Waals surface area contributed by atoms with E-state index in [0.29, 0.717) is 19.4 Å². The summed E-state index contributed by atoms with van der Waals surface area (Å²) >= 11 is 0. The van der Waals surface area contributed by atoms with Gasteiger partial charge in [-0.15, -0.1) is 0 Å². The molecule has 144 valence electrons. The SMILES string of the molecule is O=C(Nc1cc(C(=O)N2CCCC(O)C2)cc(C(F)(F)F)c1)c1cnc[nH]1. The molecule has 2 aromatic rings. The molecule has 0 spiro atoms. The van der Waals surface area contributed by atoms with Gasteiger partial charge in [0.1, 0.15) is 5.69 Å². The van der Waals surface area contributed by atoms with E-state index in [-0.39, 0.29) is 23.5 Å². The third kappa shape index (κ3) is 4.45. The highest BCUT2D eigenvalue weighted by Crippen LogP contribution is 2.32. The Morgan fingerprint density at radius 2 is 2.07 bits per heavy atom. The van der Waals surface area contributed by atoms with Crippen LogP contribution in [0.2, 0.25) is 0 Å². The zero-order valence-electron chi connectivity index (χ0n) is 14.1. The summed E-state index contributed by atoms with van der Waals surface area (Å²) in [4.78, 5) is 32.2. The van der Waals surface area contributed by atoms with Gasteiger partial charge in [0.05, 0.1) is 24.2 Å². The van der Waals surface area contributed by atoms with Gasteiger partial charge in [0.15, 0.2) is 0 Å². The molecule has 1 atom stereocenters. The monoisotopic (exact) mass is 382 g/mol. The fourth-order valence-corrected chi connectivity index (χ4v) is 2.89. The first-order valence-electron chi connectivity index (χ1n) is 8.23. The van der Waals surface area contributed by atoms with E-state index in [9.17, 15) is 27.9 Å². The molecule has 1 aromatic heterocycles. The number of aliphatic hydroxyl groups is 1. The number of halogens is 3. The van der Waals surface area contributed by atoms with Crippen LogP contribution in [0.15, 0.2) is 30.7 Å². The average molecular weight is 382 g/mol. The Morgan fingerprint density at radius 3 is 2.70 bits per heavy atom. The Balaban J connectivity index is 1.91. The number of aromatic amines is 1. The number of aromatic nitrogens is 2. The normalized spacial score (nSPS) is 17.6. The third-order valence-corrected chi connectivity index (χ3v) is 4.19. The highest BCUT2D eigenvalue weighted by molar-refractivity contribution is 6.04. The Kier molecular flexibility index (Phi) is 5.17. The Labute approximate surface area is 152 Å². The van der Waals surface area contributed by atoms with Crippen molar-refractivity contribution in [2.24, 2.45) is 0 Å². The first kappa shape index (κ1) is 18.9. The Hall–Kier alpha value is -2.88. The first-order valence-corrected chi connectivity index (χ1v) is 8.23.